The zero-order chi connectivity index (χ0) is 24.4. The summed E-state index contributed by atoms with van der Waals surface area (Å²) in [4.78, 5) is 41.3. The number of hydrogen-bond donors (Lipinski definition) is 0. The SMILES string of the molecule is Cc1ccc2oc(=O)n(Cc3cccc(-c4ncc(OCCN5CCN(C)C(=O)C5)cn4)c3)c2n1. The maximum absolute atomic E-state index is 12.4. The van der Waals surface area contributed by atoms with Gasteiger partial charge in [0.05, 0.1) is 25.5 Å². The number of nitrogens with zero attached hydrogens (tertiary/aromatic N) is 6. The van der Waals surface area contributed by atoms with Gasteiger partial charge in [0.2, 0.25) is 5.91 Å². The molecule has 0 saturated carbocycles. The number of fused-ring (bicyclic) bond motifs is 1. The van der Waals surface area contributed by atoms with Crippen molar-refractivity contribution in [3.8, 4) is 17.1 Å². The molecule has 1 aliphatic rings. The van der Waals surface area contributed by atoms with E-state index in [1.807, 2.05) is 44.3 Å². The van der Waals surface area contributed by atoms with Crippen molar-refractivity contribution < 1.29 is 13.9 Å². The number of benzene rings is 1. The molecule has 1 saturated heterocycles. The van der Waals surface area contributed by atoms with Gasteiger partial charge in [-0.1, -0.05) is 18.2 Å². The number of oxazole rings is 1. The number of amides is 1. The van der Waals surface area contributed by atoms with Crippen LogP contribution in [0.4, 0.5) is 0 Å². The summed E-state index contributed by atoms with van der Waals surface area (Å²) in [5, 5.41) is 0. The van der Waals surface area contributed by atoms with E-state index in [9.17, 15) is 9.59 Å². The Hall–Kier alpha value is -4.05. The summed E-state index contributed by atoms with van der Waals surface area (Å²) in [5.74, 6) is 0.816. The van der Waals surface area contributed by atoms with E-state index in [0.29, 0.717) is 49.0 Å². The van der Waals surface area contributed by atoms with Crippen LogP contribution < -0.4 is 10.5 Å². The van der Waals surface area contributed by atoms with Crippen molar-refractivity contribution in [2.75, 3.05) is 39.8 Å². The Morgan fingerprint density at radius 3 is 2.71 bits per heavy atom. The third-order valence-electron chi connectivity index (χ3n) is 6.02. The highest BCUT2D eigenvalue weighted by Gasteiger charge is 2.20. The van der Waals surface area contributed by atoms with Gasteiger partial charge < -0.3 is 14.1 Å². The third kappa shape index (κ3) is 5.07. The Morgan fingerprint density at radius 2 is 1.91 bits per heavy atom. The molecule has 1 amide bonds. The zero-order valence-corrected chi connectivity index (χ0v) is 19.7. The van der Waals surface area contributed by atoms with Crippen LogP contribution >= 0.6 is 0 Å². The quantitative estimate of drug-likeness (QED) is 0.400. The second-order valence-electron chi connectivity index (χ2n) is 8.61. The van der Waals surface area contributed by atoms with Crippen LogP contribution in [0.1, 0.15) is 11.3 Å². The molecular weight excluding hydrogens is 448 g/mol. The summed E-state index contributed by atoms with van der Waals surface area (Å²) in [6.45, 7) is 5.31. The first-order chi connectivity index (χ1) is 17.0. The molecule has 0 spiro atoms. The van der Waals surface area contributed by atoms with Gasteiger partial charge in [-0.25, -0.2) is 19.7 Å². The van der Waals surface area contributed by atoms with Crippen LogP contribution in [-0.2, 0) is 11.3 Å². The number of hydrogen-bond acceptors (Lipinski definition) is 8. The molecule has 0 aliphatic carbocycles. The number of carbonyl (C=O) groups is 1. The summed E-state index contributed by atoms with van der Waals surface area (Å²) in [7, 11) is 1.82. The van der Waals surface area contributed by atoms with E-state index in [-0.39, 0.29) is 5.91 Å². The summed E-state index contributed by atoms with van der Waals surface area (Å²) < 4.78 is 12.6. The fourth-order valence-corrected chi connectivity index (χ4v) is 4.00. The summed E-state index contributed by atoms with van der Waals surface area (Å²) in [6, 6.07) is 11.3. The number of aryl methyl sites for hydroxylation is 1. The Bertz CT molecular complexity index is 1410. The minimum atomic E-state index is -0.442. The van der Waals surface area contributed by atoms with Crippen LogP contribution in [-0.4, -0.2) is 75.1 Å². The molecule has 3 aromatic heterocycles. The lowest BCUT2D eigenvalue weighted by atomic mass is 10.1. The van der Waals surface area contributed by atoms with Crippen molar-refractivity contribution in [2.24, 2.45) is 0 Å². The topological polar surface area (TPSA) is 107 Å². The monoisotopic (exact) mass is 474 g/mol. The lowest BCUT2D eigenvalue weighted by Crippen LogP contribution is -2.49. The number of rotatable bonds is 7. The zero-order valence-electron chi connectivity index (χ0n) is 19.7. The van der Waals surface area contributed by atoms with Crippen molar-refractivity contribution in [3.63, 3.8) is 0 Å². The molecule has 0 N–H and O–H groups in total. The molecule has 180 valence electrons. The van der Waals surface area contributed by atoms with Gasteiger partial charge in [-0.05, 0) is 30.7 Å². The normalized spacial score (nSPS) is 14.6. The maximum Gasteiger partial charge on any atom is 0.421 e. The second kappa shape index (κ2) is 9.67. The number of aromatic nitrogens is 4. The highest BCUT2D eigenvalue weighted by Crippen LogP contribution is 2.20. The Morgan fingerprint density at radius 1 is 1.09 bits per heavy atom. The molecule has 10 heteroatoms. The maximum atomic E-state index is 12.4. The number of pyridine rings is 1. The molecular formula is C25H26N6O4. The van der Waals surface area contributed by atoms with E-state index in [2.05, 4.69) is 19.9 Å². The predicted octanol–water partition coefficient (Wildman–Crippen LogP) is 1.96. The fraction of sp³-hybridized carbons (Fsp3) is 0.320. The van der Waals surface area contributed by atoms with Crippen LogP contribution in [0.15, 0.2) is 58.0 Å². The number of piperazine rings is 1. The van der Waals surface area contributed by atoms with Crippen molar-refractivity contribution in [2.45, 2.75) is 13.5 Å². The highest BCUT2D eigenvalue weighted by molar-refractivity contribution is 5.78. The molecule has 4 aromatic rings. The Kier molecular flexibility index (Phi) is 6.28. The van der Waals surface area contributed by atoms with Gasteiger partial charge in [0, 0.05) is 37.9 Å². The van der Waals surface area contributed by atoms with Crippen molar-refractivity contribution in [3.05, 3.63) is 70.6 Å². The van der Waals surface area contributed by atoms with E-state index in [1.165, 1.54) is 4.57 Å². The van der Waals surface area contributed by atoms with E-state index in [0.717, 1.165) is 29.9 Å². The van der Waals surface area contributed by atoms with Crippen LogP contribution in [0.2, 0.25) is 0 Å². The van der Waals surface area contributed by atoms with E-state index in [4.69, 9.17) is 9.15 Å². The second-order valence-corrected chi connectivity index (χ2v) is 8.61. The largest absolute Gasteiger partial charge is 0.489 e. The van der Waals surface area contributed by atoms with E-state index < -0.39 is 5.76 Å². The van der Waals surface area contributed by atoms with E-state index in [1.54, 1.807) is 23.4 Å². The van der Waals surface area contributed by atoms with Crippen LogP contribution in [0.25, 0.3) is 22.6 Å². The molecule has 10 nitrogen and oxygen atoms in total. The standard InChI is InChI=1S/C25H26N6O4/c1-17-6-7-21-24(28-17)31(25(33)35-21)15-18-4-3-5-19(12-18)23-26-13-20(14-27-23)34-11-10-30-9-8-29(2)22(32)16-30/h3-7,12-14H,8-11,15-16H2,1-2H3. The van der Waals surface area contributed by atoms with Crippen molar-refractivity contribution >= 4 is 17.1 Å². The summed E-state index contributed by atoms with van der Waals surface area (Å²) >= 11 is 0. The molecule has 0 radical (unpaired) electrons. The lowest BCUT2D eigenvalue weighted by molar-refractivity contribution is -0.134. The van der Waals surface area contributed by atoms with E-state index >= 15 is 0 Å². The molecule has 1 fully saturated rings. The Balaban J connectivity index is 1.24. The van der Waals surface area contributed by atoms with Crippen LogP contribution in [0.3, 0.4) is 0 Å². The highest BCUT2D eigenvalue weighted by atomic mass is 16.5. The lowest BCUT2D eigenvalue weighted by Gasteiger charge is -2.31. The van der Waals surface area contributed by atoms with Crippen LogP contribution in [0, 0.1) is 6.92 Å². The smallest absolute Gasteiger partial charge is 0.421 e. The predicted molar refractivity (Wildman–Crippen MR) is 129 cm³/mol. The summed E-state index contributed by atoms with van der Waals surface area (Å²) in [6.07, 6.45) is 3.29. The molecule has 5 rings (SSSR count). The van der Waals surface area contributed by atoms with Crippen molar-refractivity contribution in [1.82, 2.24) is 29.3 Å². The number of carbonyl (C=O) groups excluding carboxylic acids is 1. The molecule has 0 unspecified atom stereocenters. The van der Waals surface area contributed by atoms with Gasteiger partial charge in [-0.15, -0.1) is 0 Å². The van der Waals surface area contributed by atoms with Gasteiger partial charge in [0.1, 0.15) is 6.61 Å². The Labute approximate surface area is 201 Å². The van der Waals surface area contributed by atoms with Gasteiger partial charge >= 0.3 is 5.76 Å². The third-order valence-corrected chi connectivity index (χ3v) is 6.02. The van der Waals surface area contributed by atoms with Gasteiger partial charge in [0.25, 0.3) is 0 Å². The molecule has 1 aromatic carbocycles. The van der Waals surface area contributed by atoms with Crippen molar-refractivity contribution in [1.29, 1.82) is 0 Å². The minimum absolute atomic E-state index is 0.128. The molecule has 0 atom stereocenters. The van der Waals surface area contributed by atoms with Gasteiger partial charge in [0.15, 0.2) is 22.8 Å². The van der Waals surface area contributed by atoms with Gasteiger partial charge in [-0.3, -0.25) is 14.3 Å². The summed E-state index contributed by atoms with van der Waals surface area (Å²) in [5.41, 5.74) is 3.54. The molecule has 1 aliphatic heterocycles. The number of ether oxygens (including phenoxy) is 1. The first-order valence-electron chi connectivity index (χ1n) is 11.4. The van der Waals surface area contributed by atoms with Gasteiger partial charge in [-0.2, -0.15) is 0 Å². The number of likely N-dealkylation sites (N-methyl/N-ethyl adjacent to an activating group) is 1. The first kappa shape index (κ1) is 22.7. The molecule has 0 bridgehead atoms. The fourth-order valence-electron chi connectivity index (χ4n) is 4.00. The molecule has 35 heavy (non-hydrogen) atoms. The first-order valence-corrected chi connectivity index (χ1v) is 11.4. The average molecular weight is 475 g/mol. The molecule has 4 heterocycles. The average Bonchev–Trinajstić information content (AvgIpc) is 3.16. The minimum Gasteiger partial charge on any atom is -0.489 e. The van der Waals surface area contributed by atoms with Crippen LogP contribution in [0.5, 0.6) is 5.75 Å².